The minimum Gasteiger partial charge on any atom is -0.330 e. The average Bonchev–Trinajstić information content (AvgIpc) is 1.97. The molecule has 0 aromatic carbocycles. The van der Waals surface area contributed by atoms with E-state index in [1.807, 2.05) is 0 Å². The van der Waals surface area contributed by atoms with E-state index in [1.165, 1.54) is 6.92 Å². The summed E-state index contributed by atoms with van der Waals surface area (Å²) in [6.45, 7) is 2.74. The molecule has 0 aliphatic heterocycles. The van der Waals surface area contributed by atoms with Crippen LogP contribution in [0.1, 0.15) is 19.8 Å². The lowest BCUT2D eigenvalue weighted by atomic mass is 10.3. The third kappa shape index (κ3) is 6.19. The second-order valence-corrected chi connectivity index (χ2v) is 2.57. The van der Waals surface area contributed by atoms with E-state index in [4.69, 9.17) is 5.73 Å². The van der Waals surface area contributed by atoms with E-state index in [0.717, 1.165) is 12.8 Å². The Bertz CT molecular complexity index is 88.5. The zero-order chi connectivity index (χ0) is 8.69. The molecule has 0 fully saturated rings. The van der Waals surface area contributed by atoms with E-state index in [-0.39, 0.29) is 0 Å². The molecule has 0 saturated carbocycles. The van der Waals surface area contributed by atoms with Crippen molar-refractivity contribution in [3.8, 4) is 0 Å². The summed E-state index contributed by atoms with van der Waals surface area (Å²) in [6.07, 6.45) is -0.510. The summed E-state index contributed by atoms with van der Waals surface area (Å²) in [4.78, 5) is 0. The van der Waals surface area contributed by atoms with E-state index in [9.17, 15) is 8.78 Å². The van der Waals surface area contributed by atoms with Crippen molar-refractivity contribution in [1.29, 1.82) is 0 Å². The third-order valence-electron chi connectivity index (χ3n) is 1.48. The van der Waals surface area contributed by atoms with Gasteiger partial charge in [0.05, 0.1) is 6.04 Å². The van der Waals surface area contributed by atoms with Crippen molar-refractivity contribution in [2.75, 3.05) is 13.1 Å². The molecule has 0 aromatic heterocycles. The van der Waals surface area contributed by atoms with Crippen molar-refractivity contribution in [2.45, 2.75) is 32.2 Å². The second-order valence-electron chi connectivity index (χ2n) is 2.57. The summed E-state index contributed by atoms with van der Waals surface area (Å²) in [5, 5.41) is 2.71. The highest BCUT2D eigenvalue weighted by Crippen LogP contribution is 1.98. The molecule has 2 nitrogen and oxygen atoms in total. The molecule has 0 amide bonds. The van der Waals surface area contributed by atoms with Gasteiger partial charge in [-0.15, -0.1) is 0 Å². The lowest BCUT2D eigenvalue weighted by Gasteiger charge is -2.11. The van der Waals surface area contributed by atoms with Crippen molar-refractivity contribution in [3.05, 3.63) is 0 Å². The van der Waals surface area contributed by atoms with Crippen LogP contribution in [-0.4, -0.2) is 25.6 Å². The number of nitrogens with one attached hydrogen (secondary N) is 1. The fourth-order valence-corrected chi connectivity index (χ4v) is 0.688. The fourth-order valence-electron chi connectivity index (χ4n) is 0.688. The molecule has 1 atom stereocenters. The van der Waals surface area contributed by atoms with Gasteiger partial charge in [0.15, 0.2) is 0 Å². The molecule has 0 aromatic rings. The summed E-state index contributed by atoms with van der Waals surface area (Å²) in [7, 11) is 0. The Balaban J connectivity index is 3.10. The van der Waals surface area contributed by atoms with Crippen LogP contribution in [0, 0.1) is 0 Å². The number of hydrogen-bond acceptors (Lipinski definition) is 2. The topological polar surface area (TPSA) is 38.0 Å². The first-order chi connectivity index (χ1) is 5.18. The number of nitrogens with two attached hydrogens (primary N) is 1. The average molecular weight is 166 g/mol. The van der Waals surface area contributed by atoms with Crippen LogP contribution in [-0.2, 0) is 0 Å². The monoisotopic (exact) mass is 166 g/mol. The summed E-state index contributed by atoms with van der Waals surface area (Å²) in [6, 6.07) is -0.701. The van der Waals surface area contributed by atoms with Gasteiger partial charge in [-0.2, -0.15) is 0 Å². The largest absolute Gasteiger partial charge is 0.330 e. The molecule has 0 saturated heterocycles. The van der Waals surface area contributed by atoms with Gasteiger partial charge in [-0.3, -0.25) is 0 Å². The fraction of sp³-hybridized carbons (Fsp3) is 1.00. The predicted octanol–water partition coefficient (Wildman–Crippen LogP) is 0.968. The highest BCUT2D eigenvalue weighted by atomic mass is 19.3. The molecule has 1 unspecified atom stereocenters. The van der Waals surface area contributed by atoms with Gasteiger partial charge in [0.25, 0.3) is 6.43 Å². The van der Waals surface area contributed by atoms with Crippen molar-refractivity contribution >= 4 is 0 Å². The second kappa shape index (κ2) is 6.49. The Morgan fingerprint density at radius 1 is 1.36 bits per heavy atom. The van der Waals surface area contributed by atoms with Crippen molar-refractivity contribution in [1.82, 2.24) is 5.32 Å². The van der Waals surface area contributed by atoms with Gasteiger partial charge < -0.3 is 11.1 Å². The molecule has 0 heterocycles. The number of alkyl halides is 2. The molecule has 3 N–H and O–H groups in total. The lowest BCUT2D eigenvalue weighted by Crippen LogP contribution is -2.33. The summed E-state index contributed by atoms with van der Waals surface area (Å²) >= 11 is 0. The molecule has 0 rings (SSSR count). The van der Waals surface area contributed by atoms with Crippen LogP contribution < -0.4 is 11.1 Å². The van der Waals surface area contributed by atoms with Crippen LogP contribution >= 0.6 is 0 Å². The Hall–Kier alpha value is -0.220. The van der Waals surface area contributed by atoms with Gasteiger partial charge in [0.1, 0.15) is 0 Å². The molecule has 0 aliphatic rings. The van der Waals surface area contributed by atoms with Gasteiger partial charge in [-0.1, -0.05) is 0 Å². The molecule has 0 radical (unpaired) electrons. The van der Waals surface area contributed by atoms with E-state index >= 15 is 0 Å². The molecule has 4 heteroatoms. The minimum absolute atomic E-state index is 0.628. The van der Waals surface area contributed by atoms with Gasteiger partial charge in [0, 0.05) is 0 Å². The predicted molar refractivity (Wildman–Crippen MR) is 41.8 cm³/mol. The molecule has 0 spiro atoms. The quantitative estimate of drug-likeness (QED) is 0.577. The van der Waals surface area contributed by atoms with Gasteiger partial charge in [0.2, 0.25) is 0 Å². The lowest BCUT2D eigenvalue weighted by molar-refractivity contribution is 0.106. The number of halogens is 2. The van der Waals surface area contributed by atoms with Crippen molar-refractivity contribution in [2.24, 2.45) is 5.73 Å². The number of rotatable bonds is 6. The molecule has 68 valence electrons. The van der Waals surface area contributed by atoms with Crippen LogP contribution in [0.3, 0.4) is 0 Å². The summed E-state index contributed by atoms with van der Waals surface area (Å²) in [5.41, 5.74) is 5.23. The van der Waals surface area contributed by atoms with E-state index < -0.39 is 12.5 Å². The SMILES string of the molecule is CC(NCCCCN)C(F)F. The Labute approximate surface area is 66.1 Å². The maximum Gasteiger partial charge on any atom is 0.253 e. The zero-order valence-corrected chi connectivity index (χ0v) is 6.82. The van der Waals surface area contributed by atoms with Crippen molar-refractivity contribution in [3.63, 3.8) is 0 Å². The Morgan fingerprint density at radius 2 is 2.00 bits per heavy atom. The highest BCUT2D eigenvalue weighted by molar-refractivity contribution is 4.62. The standard InChI is InChI=1S/C7H16F2N2/c1-6(7(8)9)11-5-3-2-4-10/h6-7,11H,2-5,10H2,1H3. The maximum atomic E-state index is 11.9. The zero-order valence-electron chi connectivity index (χ0n) is 6.82. The molecular weight excluding hydrogens is 150 g/mol. The first-order valence-electron chi connectivity index (χ1n) is 3.90. The summed E-state index contributed by atoms with van der Waals surface area (Å²) in [5.74, 6) is 0. The maximum absolute atomic E-state index is 11.9. The van der Waals surface area contributed by atoms with Gasteiger partial charge in [-0.05, 0) is 32.9 Å². The van der Waals surface area contributed by atoms with Crippen LogP contribution in [0.2, 0.25) is 0 Å². The van der Waals surface area contributed by atoms with E-state index in [1.54, 1.807) is 0 Å². The van der Waals surface area contributed by atoms with Crippen LogP contribution in [0.5, 0.6) is 0 Å². The smallest absolute Gasteiger partial charge is 0.253 e. The van der Waals surface area contributed by atoms with Gasteiger partial charge in [-0.25, -0.2) is 8.78 Å². The van der Waals surface area contributed by atoms with E-state index in [2.05, 4.69) is 5.32 Å². The first-order valence-corrected chi connectivity index (χ1v) is 3.90. The molecule has 0 aliphatic carbocycles. The van der Waals surface area contributed by atoms with E-state index in [0.29, 0.717) is 13.1 Å². The first kappa shape index (κ1) is 10.8. The summed E-state index contributed by atoms with van der Waals surface area (Å²) < 4.78 is 23.7. The van der Waals surface area contributed by atoms with Crippen LogP contribution in [0.15, 0.2) is 0 Å². The normalized spacial score (nSPS) is 13.9. The molecule has 11 heavy (non-hydrogen) atoms. The third-order valence-corrected chi connectivity index (χ3v) is 1.48. The molecular formula is C7H16F2N2. The molecule has 0 bridgehead atoms. The Kier molecular flexibility index (Phi) is 6.36. The number of unbranched alkanes of at least 4 members (excludes halogenated alkanes) is 1. The highest BCUT2D eigenvalue weighted by Gasteiger charge is 2.12. The van der Waals surface area contributed by atoms with Crippen LogP contribution in [0.25, 0.3) is 0 Å². The van der Waals surface area contributed by atoms with Crippen molar-refractivity contribution < 1.29 is 8.78 Å². The number of hydrogen-bond donors (Lipinski definition) is 2. The Morgan fingerprint density at radius 3 is 2.45 bits per heavy atom. The minimum atomic E-state index is -2.27. The van der Waals surface area contributed by atoms with Crippen LogP contribution in [0.4, 0.5) is 8.78 Å². The van der Waals surface area contributed by atoms with Gasteiger partial charge >= 0.3 is 0 Å².